The quantitative estimate of drug-likeness (QED) is 0.774. The van der Waals surface area contributed by atoms with Crippen LogP contribution in [0.3, 0.4) is 0 Å². The van der Waals surface area contributed by atoms with Crippen molar-refractivity contribution in [2.75, 3.05) is 6.61 Å². The van der Waals surface area contributed by atoms with E-state index in [0.717, 1.165) is 37.5 Å². The molecule has 9 atom stereocenters. The van der Waals surface area contributed by atoms with Gasteiger partial charge in [0.2, 0.25) is 0 Å². The van der Waals surface area contributed by atoms with Gasteiger partial charge in [0.05, 0.1) is 5.60 Å². The summed E-state index contributed by atoms with van der Waals surface area (Å²) in [6.07, 6.45) is 8.98. The van der Waals surface area contributed by atoms with E-state index < -0.39 is 5.60 Å². The molecule has 4 aliphatic carbocycles. The van der Waals surface area contributed by atoms with Crippen molar-refractivity contribution >= 4 is 5.78 Å². The zero-order valence-corrected chi connectivity index (χ0v) is 17.1. The lowest BCUT2D eigenvalue weighted by molar-refractivity contribution is -0.227. The lowest BCUT2D eigenvalue weighted by Gasteiger charge is -2.65. The summed E-state index contributed by atoms with van der Waals surface area (Å²) in [4.78, 5) is 12.5. The van der Waals surface area contributed by atoms with Gasteiger partial charge in [0.1, 0.15) is 6.61 Å². The van der Waals surface area contributed by atoms with Gasteiger partial charge >= 0.3 is 0 Å². The Labute approximate surface area is 158 Å². The molecule has 0 amide bonds. The van der Waals surface area contributed by atoms with Crippen LogP contribution in [0.1, 0.15) is 79.1 Å². The van der Waals surface area contributed by atoms with E-state index in [2.05, 4.69) is 27.7 Å². The van der Waals surface area contributed by atoms with E-state index in [1.807, 2.05) is 0 Å². The van der Waals surface area contributed by atoms with E-state index in [1.54, 1.807) is 0 Å². The molecule has 0 aromatic heterocycles. The Morgan fingerprint density at radius 3 is 2.42 bits per heavy atom. The number of hydrogen-bond donors (Lipinski definition) is 2. The highest BCUT2D eigenvalue weighted by molar-refractivity contribution is 5.83. The Balaban J connectivity index is 1.71. The third kappa shape index (κ3) is 2.22. The summed E-state index contributed by atoms with van der Waals surface area (Å²) in [5.74, 6) is 2.66. The van der Waals surface area contributed by atoms with E-state index in [9.17, 15) is 15.0 Å². The van der Waals surface area contributed by atoms with Crippen LogP contribution >= 0.6 is 0 Å². The molecule has 0 spiro atoms. The molecule has 0 heterocycles. The van der Waals surface area contributed by atoms with Crippen LogP contribution in [0, 0.1) is 46.3 Å². The van der Waals surface area contributed by atoms with E-state index in [4.69, 9.17) is 0 Å². The number of rotatable bonds is 2. The number of carbonyl (C=O) groups is 1. The first kappa shape index (κ1) is 18.9. The largest absolute Gasteiger partial charge is 0.389 e. The first-order chi connectivity index (χ1) is 12.2. The zero-order chi connectivity index (χ0) is 18.9. The topological polar surface area (TPSA) is 57.5 Å². The Kier molecular flexibility index (Phi) is 4.40. The second-order valence-electron chi connectivity index (χ2n) is 10.9. The molecular weight excluding hydrogens is 324 g/mol. The van der Waals surface area contributed by atoms with Gasteiger partial charge in [-0.2, -0.15) is 0 Å². The van der Waals surface area contributed by atoms with Crippen molar-refractivity contribution in [3.05, 3.63) is 0 Å². The molecule has 0 aliphatic heterocycles. The van der Waals surface area contributed by atoms with Crippen molar-refractivity contribution in [2.24, 2.45) is 46.3 Å². The molecule has 0 radical (unpaired) electrons. The highest BCUT2D eigenvalue weighted by Gasteiger charge is 2.70. The molecule has 4 aliphatic rings. The van der Waals surface area contributed by atoms with Gasteiger partial charge in [-0.25, -0.2) is 0 Å². The molecule has 148 valence electrons. The summed E-state index contributed by atoms with van der Waals surface area (Å²) >= 11 is 0. The average Bonchev–Trinajstić information content (AvgIpc) is 2.89. The number of carbonyl (C=O) groups excluding carboxylic acids is 1. The fourth-order valence-electron chi connectivity index (χ4n) is 8.44. The minimum Gasteiger partial charge on any atom is -0.389 e. The Morgan fingerprint density at radius 2 is 1.73 bits per heavy atom. The van der Waals surface area contributed by atoms with Crippen LogP contribution in [0.15, 0.2) is 0 Å². The summed E-state index contributed by atoms with van der Waals surface area (Å²) in [6.45, 7) is 8.97. The van der Waals surface area contributed by atoms with Gasteiger partial charge in [-0.3, -0.25) is 4.79 Å². The number of Topliss-reactive ketones (excluding diaryl/α,β-unsaturated/α-hetero) is 1. The SMILES string of the molecule is C[C@H]1CC[C@]2(C)C3C[C@@H](C)[C@]4(C)[C@@H](C(=O)CO)CC[C@]4(O)C3CC[C@@H]2C1. The highest BCUT2D eigenvalue weighted by atomic mass is 16.3. The smallest absolute Gasteiger partial charge is 0.161 e. The van der Waals surface area contributed by atoms with Crippen molar-refractivity contribution in [1.29, 1.82) is 0 Å². The molecule has 3 nitrogen and oxygen atoms in total. The summed E-state index contributed by atoms with van der Waals surface area (Å²) < 4.78 is 0. The highest BCUT2D eigenvalue weighted by Crippen LogP contribution is 2.70. The molecule has 2 N–H and O–H groups in total. The normalized spacial score (nSPS) is 56.4. The predicted molar refractivity (Wildman–Crippen MR) is 102 cm³/mol. The number of fused-ring (bicyclic) bond motifs is 5. The molecule has 0 aromatic carbocycles. The maximum absolute atomic E-state index is 12.5. The minimum absolute atomic E-state index is 0.0555. The van der Waals surface area contributed by atoms with Crippen molar-refractivity contribution in [1.82, 2.24) is 0 Å². The van der Waals surface area contributed by atoms with Crippen molar-refractivity contribution in [3.63, 3.8) is 0 Å². The minimum atomic E-state index is -0.734. The standard InChI is InChI=1S/C23H38O3/c1-14-7-9-21(3)16(11-14)5-6-17-19(21)12-15(2)22(4)18(20(25)13-24)8-10-23(17,22)26/h14-19,24,26H,5-13H2,1-4H3/t14-,15+,16+,17?,18+,19?,21-,22+,23-/m0/s1. The summed E-state index contributed by atoms with van der Waals surface area (Å²) in [5, 5.41) is 21.6. The Morgan fingerprint density at radius 1 is 1.00 bits per heavy atom. The van der Waals surface area contributed by atoms with Crippen LogP contribution in [0.25, 0.3) is 0 Å². The lowest BCUT2D eigenvalue weighted by atomic mass is 9.41. The second kappa shape index (κ2) is 6.04. The van der Waals surface area contributed by atoms with Gasteiger partial charge < -0.3 is 10.2 Å². The predicted octanol–water partition coefficient (Wildman–Crippen LogP) is 4.20. The fraction of sp³-hybridized carbons (Fsp3) is 0.957. The summed E-state index contributed by atoms with van der Waals surface area (Å²) in [5.41, 5.74) is -0.749. The van der Waals surface area contributed by atoms with Gasteiger partial charge in [-0.1, -0.05) is 34.1 Å². The number of aliphatic hydroxyl groups excluding tert-OH is 1. The van der Waals surface area contributed by atoms with Crippen LogP contribution in [0.5, 0.6) is 0 Å². The molecule has 0 bridgehead atoms. The maximum Gasteiger partial charge on any atom is 0.161 e. The summed E-state index contributed by atoms with van der Waals surface area (Å²) in [6, 6.07) is 0. The molecule has 0 aromatic rings. The summed E-state index contributed by atoms with van der Waals surface area (Å²) in [7, 11) is 0. The first-order valence-corrected chi connectivity index (χ1v) is 11.0. The molecule has 4 fully saturated rings. The van der Waals surface area contributed by atoms with Gasteiger partial charge in [0.15, 0.2) is 5.78 Å². The van der Waals surface area contributed by atoms with Gasteiger partial charge in [0, 0.05) is 11.3 Å². The third-order valence-electron chi connectivity index (χ3n) is 10.2. The number of hydrogen-bond acceptors (Lipinski definition) is 3. The van der Waals surface area contributed by atoms with E-state index >= 15 is 0 Å². The maximum atomic E-state index is 12.5. The lowest BCUT2D eigenvalue weighted by Crippen LogP contribution is -2.65. The van der Waals surface area contributed by atoms with Crippen LogP contribution in [-0.2, 0) is 4.79 Å². The van der Waals surface area contributed by atoms with E-state index in [-0.39, 0.29) is 23.7 Å². The van der Waals surface area contributed by atoms with Crippen molar-refractivity contribution in [3.8, 4) is 0 Å². The van der Waals surface area contributed by atoms with Gasteiger partial charge in [0.25, 0.3) is 0 Å². The average molecular weight is 363 g/mol. The van der Waals surface area contributed by atoms with Crippen molar-refractivity contribution < 1.29 is 15.0 Å². The van der Waals surface area contributed by atoms with E-state index in [0.29, 0.717) is 23.2 Å². The number of ketones is 1. The molecule has 26 heavy (non-hydrogen) atoms. The Hall–Kier alpha value is -0.410. The number of aliphatic hydroxyl groups is 2. The van der Waals surface area contributed by atoms with Crippen LogP contribution in [0.4, 0.5) is 0 Å². The molecule has 4 rings (SSSR count). The molecule has 0 saturated heterocycles. The monoisotopic (exact) mass is 362 g/mol. The van der Waals surface area contributed by atoms with Crippen LogP contribution in [0.2, 0.25) is 0 Å². The van der Waals surface area contributed by atoms with Crippen LogP contribution in [-0.4, -0.2) is 28.2 Å². The molecule has 3 heteroatoms. The van der Waals surface area contributed by atoms with Gasteiger partial charge in [-0.15, -0.1) is 0 Å². The molecule has 4 saturated carbocycles. The molecular formula is C23H38O3. The van der Waals surface area contributed by atoms with Crippen molar-refractivity contribution in [2.45, 2.75) is 84.7 Å². The van der Waals surface area contributed by atoms with Crippen LogP contribution < -0.4 is 0 Å². The molecule has 2 unspecified atom stereocenters. The van der Waals surface area contributed by atoms with E-state index in [1.165, 1.54) is 25.7 Å². The Bertz CT molecular complexity index is 588. The first-order valence-electron chi connectivity index (χ1n) is 11.0. The zero-order valence-electron chi connectivity index (χ0n) is 17.1. The second-order valence-corrected chi connectivity index (χ2v) is 10.9. The van der Waals surface area contributed by atoms with Gasteiger partial charge in [-0.05, 0) is 80.0 Å². The fourth-order valence-corrected chi connectivity index (χ4v) is 8.44. The third-order valence-corrected chi connectivity index (χ3v) is 10.2.